The molecule has 2 aromatic rings. The topological polar surface area (TPSA) is 66.7 Å². The maximum atomic E-state index is 5.87. The van der Waals surface area contributed by atoms with E-state index in [1.165, 1.54) is 0 Å². The van der Waals surface area contributed by atoms with Crippen molar-refractivity contribution in [3.05, 3.63) is 47.8 Å². The second-order valence-electron chi connectivity index (χ2n) is 3.83. The molecule has 0 radical (unpaired) electrons. The Morgan fingerprint density at radius 1 is 1.44 bits per heavy atom. The maximum absolute atomic E-state index is 5.87. The van der Waals surface area contributed by atoms with Crippen LogP contribution in [0.3, 0.4) is 0 Å². The van der Waals surface area contributed by atoms with Gasteiger partial charge in [-0.25, -0.2) is 0 Å². The van der Waals surface area contributed by atoms with Crippen LogP contribution in [0.15, 0.2) is 36.7 Å². The number of para-hydroxylation sites is 1. The van der Waals surface area contributed by atoms with E-state index in [-0.39, 0.29) is 6.04 Å². The molecule has 2 rings (SSSR count). The minimum absolute atomic E-state index is 0.262. The van der Waals surface area contributed by atoms with Crippen LogP contribution in [-0.2, 0) is 6.54 Å². The fourth-order valence-electron chi connectivity index (χ4n) is 1.57. The van der Waals surface area contributed by atoms with Crippen LogP contribution < -0.4 is 11.1 Å². The third-order valence-corrected chi connectivity index (χ3v) is 2.67. The van der Waals surface area contributed by atoms with E-state index < -0.39 is 0 Å². The summed E-state index contributed by atoms with van der Waals surface area (Å²) in [6.07, 6.45) is 3.72. The molecule has 0 saturated heterocycles. The zero-order chi connectivity index (χ0) is 11.4. The molecule has 1 aromatic heterocycles. The van der Waals surface area contributed by atoms with Crippen LogP contribution in [-0.4, -0.2) is 10.2 Å². The smallest absolute Gasteiger partial charge is 0.0534 e. The van der Waals surface area contributed by atoms with E-state index in [0.717, 1.165) is 23.4 Å². The minimum atomic E-state index is 0.262. The predicted molar refractivity (Wildman–Crippen MR) is 64.7 cm³/mol. The summed E-state index contributed by atoms with van der Waals surface area (Å²) in [5.74, 6) is 0. The van der Waals surface area contributed by atoms with Crippen LogP contribution in [0.1, 0.15) is 24.1 Å². The van der Waals surface area contributed by atoms with Gasteiger partial charge in [0.15, 0.2) is 0 Å². The number of anilines is 1. The summed E-state index contributed by atoms with van der Waals surface area (Å²) in [5, 5.41) is 10.1. The van der Waals surface area contributed by atoms with Gasteiger partial charge in [-0.15, -0.1) is 0 Å². The number of H-pyrrole nitrogens is 1. The van der Waals surface area contributed by atoms with Crippen molar-refractivity contribution < 1.29 is 0 Å². The molecular weight excluding hydrogens is 200 g/mol. The number of hydrogen-bond acceptors (Lipinski definition) is 3. The van der Waals surface area contributed by atoms with Gasteiger partial charge in [-0.3, -0.25) is 5.10 Å². The second kappa shape index (κ2) is 4.81. The van der Waals surface area contributed by atoms with Gasteiger partial charge in [-0.05, 0) is 18.6 Å². The lowest BCUT2D eigenvalue weighted by atomic mass is 10.1. The second-order valence-corrected chi connectivity index (χ2v) is 3.83. The molecule has 1 aromatic carbocycles. The normalized spacial score (nSPS) is 12.6. The van der Waals surface area contributed by atoms with Crippen LogP contribution in [0.4, 0.5) is 5.69 Å². The van der Waals surface area contributed by atoms with Gasteiger partial charge in [0, 0.05) is 30.0 Å². The number of nitrogens with two attached hydrogens (primary N) is 1. The van der Waals surface area contributed by atoms with Gasteiger partial charge in [0.05, 0.1) is 6.20 Å². The van der Waals surface area contributed by atoms with Gasteiger partial charge >= 0.3 is 0 Å². The molecule has 16 heavy (non-hydrogen) atoms. The fourth-order valence-corrected chi connectivity index (χ4v) is 1.57. The van der Waals surface area contributed by atoms with E-state index in [9.17, 15) is 0 Å². The van der Waals surface area contributed by atoms with E-state index in [1.807, 2.05) is 36.7 Å². The Morgan fingerprint density at radius 3 is 2.94 bits per heavy atom. The summed E-state index contributed by atoms with van der Waals surface area (Å²) in [6.45, 7) is 2.86. The maximum Gasteiger partial charge on any atom is 0.0534 e. The number of nitrogens with one attached hydrogen (secondary N) is 2. The lowest BCUT2D eigenvalue weighted by Gasteiger charge is -2.13. The Hall–Kier alpha value is -1.81. The zero-order valence-corrected chi connectivity index (χ0v) is 9.27. The van der Waals surface area contributed by atoms with E-state index in [4.69, 9.17) is 5.73 Å². The molecule has 1 heterocycles. The van der Waals surface area contributed by atoms with Crippen LogP contribution >= 0.6 is 0 Å². The van der Waals surface area contributed by atoms with Gasteiger partial charge in [-0.1, -0.05) is 18.2 Å². The molecule has 4 nitrogen and oxygen atoms in total. The SMILES string of the molecule is CC(NCc1ccccc1N)c1cn[nH]c1. The molecule has 0 spiro atoms. The Kier molecular flexibility index (Phi) is 3.22. The number of nitrogen functional groups attached to an aromatic ring is 1. The average molecular weight is 216 g/mol. The summed E-state index contributed by atoms with van der Waals surface area (Å²) in [7, 11) is 0. The van der Waals surface area contributed by atoms with Gasteiger partial charge in [0.2, 0.25) is 0 Å². The van der Waals surface area contributed by atoms with Crippen LogP contribution in [0.2, 0.25) is 0 Å². The zero-order valence-electron chi connectivity index (χ0n) is 9.27. The highest BCUT2D eigenvalue weighted by Gasteiger charge is 2.06. The van der Waals surface area contributed by atoms with E-state index >= 15 is 0 Å². The van der Waals surface area contributed by atoms with Crippen molar-refractivity contribution in [2.24, 2.45) is 0 Å². The Bertz CT molecular complexity index is 436. The average Bonchev–Trinajstić information content (AvgIpc) is 2.81. The molecule has 0 aliphatic heterocycles. The quantitative estimate of drug-likeness (QED) is 0.683. The van der Waals surface area contributed by atoms with Crippen LogP contribution in [0.5, 0.6) is 0 Å². The fraction of sp³-hybridized carbons (Fsp3) is 0.250. The molecule has 4 heteroatoms. The first-order chi connectivity index (χ1) is 7.77. The van der Waals surface area contributed by atoms with Crippen molar-refractivity contribution in [1.82, 2.24) is 15.5 Å². The highest BCUT2D eigenvalue weighted by molar-refractivity contribution is 5.46. The molecule has 0 saturated carbocycles. The van der Waals surface area contributed by atoms with Crippen molar-refractivity contribution in [3.63, 3.8) is 0 Å². The Balaban J connectivity index is 1.95. The van der Waals surface area contributed by atoms with Gasteiger partial charge in [-0.2, -0.15) is 5.10 Å². The number of aromatic nitrogens is 2. The summed E-state index contributed by atoms with van der Waals surface area (Å²) >= 11 is 0. The Morgan fingerprint density at radius 2 is 2.25 bits per heavy atom. The molecule has 0 bridgehead atoms. The minimum Gasteiger partial charge on any atom is -0.398 e. The highest BCUT2D eigenvalue weighted by atomic mass is 15.1. The molecule has 0 aliphatic carbocycles. The largest absolute Gasteiger partial charge is 0.398 e. The molecule has 4 N–H and O–H groups in total. The summed E-state index contributed by atoms with van der Waals surface area (Å²) in [4.78, 5) is 0. The third kappa shape index (κ3) is 2.41. The highest BCUT2D eigenvalue weighted by Crippen LogP contribution is 2.14. The van der Waals surface area contributed by atoms with Crippen LogP contribution in [0, 0.1) is 0 Å². The lowest BCUT2D eigenvalue weighted by Crippen LogP contribution is -2.18. The monoisotopic (exact) mass is 216 g/mol. The number of rotatable bonds is 4. The molecule has 1 atom stereocenters. The van der Waals surface area contributed by atoms with E-state index in [1.54, 1.807) is 0 Å². The Labute approximate surface area is 94.9 Å². The number of benzene rings is 1. The van der Waals surface area contributed by atoms with E-state index in [0.29, 0.717) is 0 Å². The molecule has 84 valence electrons. The summed E-state index contributed by atoms with van der Waals surface area (Å²) in [6, 6.07) is 8.15. The third-order valence-electron chi connectivity index (χ3n) is 2.67. The van der Waals surface area contributed by atoms with Crippen molar-refractivity contribution in [1.29, 1.82) is 0 Å². The summed E-state index contributed by atoms with van der Waals surface area (Å²) in [5.41, 5.74) is 8.97. The van der Waals surface area contributed by atoms with E-state index in [2.05, 4.69) is 22.4 Å². The standard InChI is InChI=1S/C12H16N4/c1-9(11-7-15-16-8-11)14-6-10-4-2-3-5-12(10)13/h2-5,7-9,14H,6,13H2,1H3,(H,15,16). The van der Waals surface area contributed by atoms with Gasteiger partial charge in [0.25, 0.3) is 0 Å². The van der Waals surface area contributed by atoms with Crippen molar-refractivity contribution >= 4 is 5.69 Å². The number of hydrogen-bond donors (Lipinski definition) is 3. The lowest BCUT2D eigenvalue weighted by molar-refractivity contribution is 0.575. The molecule has 0 fully saturated rings. The van der Waals surface area contributed by atoms with Crippen molar-refractivity contribution in [3.8, 4) is 0 Å². The predicted octanol–water partition coefficient (Wildman–Crippen LogP) is 1.84. The van der Waals surface area contributed by atoms with Gasteiger partial charge in [0.1, 0.15) is 0 Å². The first kappa shape index (κ1) is 10.7. The summed E-state index contributed by atoms with van der Waals surface area (Å²) < 4.78 is 0. The first-order valence-electron chi connectivity index (χ1n) is 5.33. The number of aromatic amines is 1. The van der Waals surface area contributed by atoms with Crippen molar-refractivity contribution in [2.75, 3.05) is 5.73 Å². The van der Waals surface area contributed by atoms with Crippen LogP contribution in [0.25, 0.3) is 0 Å². The van der Waals surface area contributed by atoms with Gasteiger partial charge < -0.3 is 11.1 Å². The molecule has 0 aliphatic rings. The number of nitrogens with zero attached hydrogens (tertiary/aromatic N) is 1. The first-order valence-corrected chi connectivity index (χ1v) is 5.33. The molecule has 1 unspecified atom stereocenters. The van der Waals surface area contributed by atoms with Crippen molar-refractivity contribution in [2.45, 2.75) is 19.5 Å². The molecular formula is C12H16N4. The molecule has 0 amide bonds.